The summed E-state index contributed by atoms with van der Waals surface area (Å²) in [5.41, 5.74) is 0.179. The van der Waals surface area contributed by atoms with Gasteiger partial charge in [-0.05, 0) is 12.5 Å². The minimum absolute atomic E-state index is 0.179. The van der Waals surface area contributed by atoms with Crippen LogP contribution < -0.4 is 0 Å². The molecule has 19 heavy (non-hydrogen) atoms. The van der Waals surface area contributed by atoms with E-state index in [0.29, 0.717) is 25.5 Å². The molecule has 1 aromatic heterocycles. The van der Waals surface area contributed by atoms with E-state index in [-0.39, 0.29) is 5.56 Å². The number of hydrogen-bond acceptors (Lipinski definition) is 5. The molecule has 6 heteroatoms. The van der Waals surface area contributed by atoms with E-state index in [2.05, 4.69) is 4.90 Å². The van der Waals surface area contributed by atoms with Crippen molar-refractivity contribution in [2.75, 3.05) is 40.5 Å². The highest BCUT2D eigenvalue weighted by atomic mass is 16.5. The second-order valence-corrected chi connectivity index (χ2v) is 4.22. The van der Waals surface area contributed by atoms with Crippen LogP contribution in [0.4, 0.5) is 0 Å². The molecule has 0 fully saturated rings. The maximum Gasteiger partial charge on any atom is 0.338 e. The number of ether oxygens (including phenoxy) is 2. The number of carbonyl (C=O) groups is 1. The molecule has 6 nitrogen and oxygen atoms in total. The molecule has 0 saturated heterocycles. The summed E-state index contributed by atoms with van der Waals surface area (Å²) in [6, 6.07) is 1.55. The molecule has 1 rings (SSSR count). The first-order chi connectivity index (χ1) is 9.17. The monoisotopic (exact) mass is 271 g/mol. The second kappa shape index (κ2) is 8.68. The highest BCUT2D eigenvalue weighted by molar-refractivity contribution is 5.87. The molecule has 0 spiro atoms. The molecule has 0 bridgehead atoms. The molecule has 0 radical (unpaired) electrons. The maximum absolute atomic E-state index is 10.8. The zero-order valence-electron chi connectivity index (χ0n) is 11.4. The summed E-state index contributed by atoms with van der Waals surface area (Å²) in [7, 11) is 3.33. The van der Waals surface area contributed by atoms with Crippen molar-refractivity contribution in [3.8, 4) is 0 Å². The van der Waals surface area contributed by atoms with E-state index in [4.69, 9.17) is 19.0 Å². The van der Waals surface area contributed by atoms with Gasteiger partial charge in [0.25, 0.3) is 0 Å². The number of aromatic carboxylic acids is 1. The van der Waals surface area contributed by atoms with Gasteiger partial charge >= 0.3 is 5.97 Å². The van der Waals surface area contributed by atoms with Gasteiger partial charge in [-0.1, -0.05) is 0 Å². The fourth-order valence-electron chi connectivity index (χ4n) is 1.72. The molecular weight excluding hydrogens is 250 g/mol. The summed E-state index contributed by atoms with van der Waals surface area (Å²) < 4.78 is 15.3. The lowest BCUT2D eigenvalue weighted by molar-refractivity contribution is 0.0696. The number of carboxylic acid groups (broad SMARTS) is 1. The molecule has 0 aliphatic heterocycles. The van der Waals surface area contributed by atoms with Crippen LogP contribution >= 0.6 is 0 Å². The van der Waals surface area contributed by atoms with Crippen molar-refractivity contribution >= 4 is 5.97 Å². The summed E-state index contributed by atoms with van der Waals surface area (Å²) >= 11 is 0. The zero-order valence-corrected chi connectivity index (χ0v) is 11.4. The van der Waals surface area contributed by atoms with Gasteiger partial charge in [-0.15, -0.1) is 0 Å². The third-order valence-electron chi connectivity index (χ3n) is 2.71. The minimum Gasteiger partial charge on any atom is -0.478 e. The molecular formula is C13H21NO5. The first-order valence-corrected chi connectivity index (χ1v) is 6.18. The average Bonchev–Trinajstić information content (AvgIpc) is 2.84. The van der Waals surface area contributed by atoms with Crippen LogP contribution in [0.5, 0.6) is 0 Å². The summed E-state index contributed by atoms with van der Waals surface area (Å²) in [6.45, 7) is 3.51. The first kappa shape index (κ1) is 15.7. The van der Waals surface area contributed by atoms with Crippen molar-refractivity contribution in [3.63, 3.8) is 0 Å². The highest BCUT2D eigenvalue weighted by Gasteiger charge is 2.12. The predicted octanol–water partition coefficient (Wildman–Crippen LogP) is 1.46. The van der Waals surface area contributed by atoms with Crippen LogP contribution in [0.3, 0.4) is 0 Å². The molecule has 0 saturated carbocycles. The smallest absolute Gasteiger partial charge is 0.338 e. The van der Waals surface area contributed by atoms with Gasteiger partial charge in [-0.25, -0.2) is 4.79 Å². The van der Waals surface area contributed by atoms with Crippen molar-refractivity contribution in [3.05, 3.63) is 23.7 Å². The Morgan fingerprint density at radius 2 is 2.05 bits per heavy atom. The second-order valence-electron chi connectivity index (χ2n) is 4.22. The average molecular weight is 271 g/mol. The van der Waals surface area contributed by atoms with Gasteiger partial charge in [0.05, 0.1) is 18.7 Å². The summed E-state index contributed by atoms with van der Waals surface area (Å²) in [6.07, 6.45) is 2.17. The Balaban J connectivity index is 2.51. The molecule has 0 aliphatic rings. The van der Waals surface area contributed by atoms with Gasteiger partial charge in [-0.3, -0.25) is 4.90 Å². The largest absolute Gasteiger partial charge is 0.478 e. The van der Waals surface area contributed by atoms with Crippen molar-refractivity contribution in [1.82, 2.24) is 4.90 Å². The molecule has 0 atom stereocenters. The number of carboxylic acids is 1. The quantitative estimate of drug-likeness (QED) is 0.650. The lowest BCUT2D eigenvalue weighted by Gasteiger charge is -2.20. The number of hydrogen-bond donors (Lipinski definition) is 1. The Morgan fingerprint density at radius 1 is 1.32 bits per heavy atom. The topological polar surface area (TPSA) is 72.1 Å². The van der Waals surface area contributed by atoms with Crippen LogP contribution in [-0.2, 0) is 16.0 Å². The van der Waals surface area contributed by atoms with E-state index >= 15 is 0 Å². The van der Waals surface area contributed by atoms with Crippen molar-refractivity contribution in [2.45, 2.75) is 13.0 Å². The van der Waals surface area contributed by atoms with Crippen LogP contribution in [0.1, 0.15) is 22.5 Å². The van der Waals surface area contributed by atoms with Gasteiger partial charge in [0.15, 0.2) is 0 Å². The standard InChI is InChI=1S/C13H21NO5/c1-17-6-3-4-14(5-7-18-2)9-12-8-11(10-19-12)13(15)16/h8,10H,3-7,9H2,1-2H3,(H,15,16). The number of rotatable bonds is 10. The van der Waals surface area contributed by atoms with Gasteiger partial charge in [0.2, 0.25) is 0 Å². The molecule has 0 aliphatic carbocycles. The first-order valence-electron chi connectivity index (χ1n) is 6.18. The van der Waals surface area contributed by atoms with Crippen LogP contribution in [0.2, 0.25) is 0 Å². The van der Waals surface area contributed by atoms with E-state index in [1.807, 2.05) is 0 Å². The number of methoxy groups -OCH3 is 2. The molecule has 0 amide bonds. The van der Waals surface area contributed by atoms with Gasteiger partial charge in [0, 0.05) is 33.9 Å². The molecule has 0 aromatic carbocycles. The fourth-order valence-corrected chi connectivity index (χ4v) is 1.72. The van der Waals surface area contributed by atoms with Crippen LogP contribution in [0.15, 0.2) is 16.7 Å². The van der Waals surface area contributed by atoms with Gasteiger partial charge in [0.1, 0.15) is 12.0 Å². The summed E-state index contributed by atoms with van der Waals surface area (Å²) in [4.78, 5) is 12.9. The van der Waals surface area contributed by atoms with Gasteiger partial charge < -0.3 is 19.0 Å². The van der Waals surface area contributed by atoms with Crippen LogP contribution in [-0.4, -0.2) is 56.5 Å². The van der Waals surface area contributed by atoms with E-state index in [1.54, 1.807) is 20.3 Å². The highest BCUT2D eigenvalue weighted by Crippen LogP contribution is 2.11. The van der Waals surface area contributed by atoms with Crippen LogP contribution in [0.25, 0.3) is 0 Å². The SMILES string of the molecule is COCCCN(CCOC)Cc1cc(C(=O)O)co1. The molecule has 1 heterocycles. The number of nitrogens with zero attached hydrogens (tertiary/aromatic N) is 1. The normalized spacial score (nSPS) is 11.1. The molecule has 108 valence electrons. The Bertz CT molecular complexity index is 377. The van der Waals surface area contributed by atoms with Crippen molar-refractivity contribution in [1.29, 1.82) is 0 Å². The fraction of sp³-hybridized carbons (Fsp3) is 0.615. The Hall–Kier alpha value is -1.37. The lowest BCUT2D eigenvalue weighted by Crippen LogP contribution is -2.28. The molecule has 1 aromatic rings. The number of furan rings is 1. The third-order valence-corrected chi connectivity index (χ3v) is 2.71. The zero-order chi connectivity index (χ0) is 14.1. The third kappa shape index (κ3) is 5.87. The Kier molecular flexibility index (Phi) is 7.17. The lowest BCUT2D eigenvalue weighted by atomic mass is 10.3. The predicted molar refractivity (Wildman–Crippen MR) is 69.3 cm³/mol. The Labute approximate surface area is 112 Å². The van der Waals surface area contributed by atoms with E-state index in [1.165, 1.54) is 6.26 Å². The Morgan fingerprint density at radius 3 is 2.63 bits per heavy atom. The molecule has 0 unspecified atom stereocenters. The van der Waals surface area contributed by atoms with Crippen molar-refractivity contribution < 1.29 is 23.8 Å². The van der Waals surface area contributed by atoms with Gasteiger partial charge in [-0.2, -0.15) is 0 Å². The van der Waals surface area contributed by atoms with E-state index in [0.717, 1.165) is 19.5 Å². The maximum atomic E-state index is 10.8. The summed E-state index contributed by atoms with van der Waals surface area (Å²) in [5, 5.41) is 8.84. The van der Waals surface area contributed by atoms with Crippen molar-refractivity contribution in [2.24, 2.45) is 0 Å². The molecule has 1 N–H and O–H groups in total. The van der Waals surface area contributed by atoms with E-state index < -0.39 is 5.97 Å². The minimum atomic E-state index is -0.974. The summed E-state index contributed by atoms with van der Waals surface area (Å²) in [5.74, 6) is -0.330. The van der Waals surface area contributed by atoms with Crippen LogP contribution in [0, 0.1) is 0 Å². The van der Waals surface area contributed by atoms with E-state index in [9.17, 15) is 4.79 Å².